The average Bonchev–Trinajstić information content (AvgIpc) is 2.86. The number of nitrogens with zero attached hydrogens (tertiary/aromatic N) is 2. The van der Waals surface area contributed by atoms with Crippen molar-refractivity contribution in [2.75, 3.05) is 0 Å². The van der Waals surface area contributed by atoms with Crippen LogP contribution in [-0.2, 0) is 0 Å². The van der Waals surface area contributed by atoms with Crippen molar-refractivity contribution in [3.63, 3.8) is 0 Å². The first-order chi connectivity index (χ1) is 18.5. The summed E-state index contributed by atoms with van der Waals surface area (Å²) in [4.78, 5) is 4.93. The summed E-state index contributed by atoms with van der Waals surface area (Å²) < 4.78 is 135. The molecule has 0 saturated carbocycles. The molecule has 0 saturated heterocycles. The summed E-state index contributed by atoms with van der Waals surface area (Å²) in [6, 6.07) is 8.84. The van der Waals surface area contributed by atoms with Crippen LogP contribution in [0, 0.1) is 17.5 Å². The van der Waals surface area contributed by atoms with Gasteiger partial charge in [0, 0.05) is 41.1 Å². The highest BCUT2D eigenvalue weighted by Crippen LogP contribution is 3.02. The monoisotopic (exact) mass is 592 g/mol. The molecular formula is C27H18F10N2S. The van der Waals surface area contributed by atoms with Gasteiger partial charge in [-0.2, -0.15) is 0 Å². The Balaban J connectivity index is 1.59. The summed E-state index contributed by atoms with van der Waals surface area (Å²) in [5.41, 5.74) is -0.0774. The number of rotatable bonds is 7. The highest BCUT2D eigenvalue weighted by atomic mass is 32.5. The van der Waals surface area contributed by atoms with E-state index >= 15 is 0 Å². The lowest BCUT2D eigenvalue weighted by Crippen LogP contribution is -2.11. The van der Waals surface area contributed by atoms with Crippen molar-refractivity contribution in [3.05, 3.63) is 95.8 Å². The molecule has 0 bridgehead atoms. The standard InChI is InChI=1S/C27H18F10N2S/c1-2-3-21(28)25(32)16-6-4-15(5-7-16)19-13-38-27(39-14-19)17-8-9-20(22(29)10-17)18-11-23(30)26(24(31)12-18)40(33,34,35,36)37/h4-14H,2-3H2,1H3/b25-21+. The summed E-state index contributed by atoms with van der Waals surface area (Å²) in [6.45, 7) is 1.72. The SMILES string of the molecule is CCC/C(F)=C(\F)c1ccc(-c2cnc(-c3ccc(-c4cc(F)c(S(F)(F)(F)(F)F)c(F)c4)c(F)c3)nc2)cc1. The molecule has 0 aliphatic carbocycles. The molecular weight excluding hydrogens is 574 g/mol. The van der Waals surface area contributed by atoms with Gasteiger partial charge in [0.1, 0.15) is 23.3 Å². The Morgan fingerprint density at radius 3 is 1.70 bits per heavy atom. The van der Waals surface area contributed by atoms with Crippen LogP contribution in [0.5, 0.6) is 0 Å². The maximum Gasteiger partial charge on any atom is 0.315 e. The van der Waals surface area contributed by atoms with Crippen molar-refractivity contribution in [2.24, 2.45) is 0 Å². The lowest BCUT2D eigenvalue weighted by molar-refractivity contribution is 0.345. The molecule has 0 radical (unpaired) electrons. The van der Waals surface area contributed by atoms with Crippen LogP contribution in [0.2, 0.25) is 0 Å². The van der Waals surface area contributed by atoms with Crippen LogP contribution in [0.3, 0.4) is 0 Å². The first-order valence-corrected chi connectivity index (χ1v) is 13.4. The van der Waals surface area contributed by atoms with E-state index < -0.39 is 55.4 Å². The van der Waals surface area contributed by atoms with Crippen molar-refractivity contribution < 1.29 is 41.4 Å². The third-order valence-corrected chi connectivity index (χ3v) is 6.92. The Morgan fingerprint density at radius 1 is 0.675 bits per heavy atom. The molecule has 0 fully saturated rings. The molecule has 4 rings (SSSR count). The van der Waals surface area contributed by atoms with Gasteiger partial charge in [0.15, 0.2) is 16.5 Å². The lowest BCUT2D eigenvalue weighted by atomic mass is 10.0. The zero-order chi connectivity index (χ0) is 29.5. The minimum Gasteiger partial charge on any atom is -0.236 e. The highest BCUT2D eigenvalue weighted by Gasteiger charge is 2.68. The van der Waals surface area contributed by atoms with E-state index in [0.29, 0.717) is 17.5 Å². The number of hydrogen-bond donors (Lipinski definition) is 0. The molecule has 4 aromatic rings. The Labute approximate surface area is 221 Å². The molecule has 40 heavy (non-hydrogen) atoms. The smallest absolute Gasteiger partial charge is 0.236 e. The predicted octanol–water partition coefficient (Wildman–Crippen LogP) is 11.0. The molecule has 0 atom stereocenters. The van der Waals surface area contributed by atoms with E-state index in [1.807, 2.05) is 0 Å². The van der Waals surface area contributed by atoms with E-state index in [9.17, 15) is 41.4 Å². The number of allylic oxidation sites excluding steroid dienone is 1. The largest absolute Gasteiger partial charge is 0.315 e. The molecule has 0 amide bonds. The van der Waals surface area contributed by atoms with Gasteiger partial charge in [-0.1, -0.05) is 62.8 Å². The fraction of sp³-hybridized carbons (Fsp3) is 0.111. The Kier molecular flexibility index (Phi) is 7.02. The Bertz CT molecular complexity index is 1590. The molecule has 2 nitrogen and oxygen atoms in total. The second-order valence-electron chi connectivity index (χ2n) is 8.77. The maximum atomic E-state index is 14.8. The van der Waals surface area contributed by atoms with Crippen molar-refractivity contribution in [1.29, 1.82) is 0 Å². The fourth-order valence-corrected chi connectivity index (χ4v) is 4.75. The topological polar surface area (TPSA) is 25.8 Å². The molecule has 0 N–H and O–H groups in total. The second-order valence-corrected chi connectivity index (χ2v) is 11.1. The molecule has 0 aliphatic rings. The van der Waals surface area contributed by atoms with Gasteiger partial charge in [0.05, 0.1) is 0 Å². The predicted molar refractivity (Wildman–Crippen MR) is 134 cm³/mol. The fourth-order valence-electron chi connectivity index (χ4n) is 3.89. The van der Waals surface area contributed by atoms with Crippen molar-refractivity contribution in [2.45, 2.75) is 24.7 Å². The summed E-state index contributed by atoms with van der Waals surface area (Å²) in [5.74, 6) is -8.08. The maximum absolute atomic E-state index is 14.8. The van der Waals surface area contributed by atoms with E-state index in [2.05, 4.69) is 9.97 Å². The summed E-state index contributed by atoms with van der Waals surface area (Å²) in [7, 11) is -10.7. The normalized spacial score (nSPS) is 14.4. The van der Waals surface area contributed by atoms with Gasteiger partial charge in [-0.05, 0) is 35.7 Å². The number of benzene rings is 3. The third-order valence-electron chi connectivity index (χ3n) is 5.75. The Hall–Kier alpha value is -3.87. The van der Waals surface area contributed by atoms with Crippen LogP contribution in [0.1, 0.15) is 25.3 Å². The van der Waals surface area contributed by atoms with E-state index in [1.165, 1.54) is 42.7 Å². The third kappa shape index (κ3) is 6.14. The van der Waals surface area contributed by atoms with Crippen LogP contribution in [0.4, 0.5) is 41.4 Å². The Morgan fingerprint density at radius 2 is 1.20 bits per heavy atom. The minimum atomic E-state index is -10.7. The van der Waals surface area contributed by atoms with Gasteiger partial charge in [0.25, 0.3) is 0 Å². The first-order valence-electron chi connectivity index (χ1n) is 11.5. The van der Waals surface area contributed by atoms with Crippen molar-refractivity contribution >= 4 is 16.1 Å². The van der Waals surface area contributed by atoms with Gasteiger partial charge in [-0.3, -0.25) is 0 Å². The van der Waals surface area contributed by atoms with Crippen LogP contribution >= 0.6 is 10.2 Å². The van der Waals surface area contributed by atoms with Crippen molar-refractivity contribution in [1.82, 2.24) is 9.97 Å². The van der Waals surface area contributed by atoms with Crippen LogP contribution in [0.25, 0.3) is 39.5 Å². The summed E-state index contributed by atoms with van der Waals surface area (Å²) in [5, 5.41) is 0. The van der Waals surface area contributed by atoms with E-state index in [1.54, 1.807) is 6.92 Å². The zero-order valence-corrected chi connectivity index (χ0v) is 21.2. The first kappa shape index (κ1) is 29.1. The van der Waals surface area contributed by atoms with Gasteiger partial charge in [-0.25, -0.2) is 31.9 Å². The van der Waals surface area contributed by atoms with Crippen molar-refractivity contribution in [3.8, 4) is 33.6 Å². The number of hydrogen-bond acceptors (Lipinski definition) is 2. The summed E-state index contributed by atoms with van der Waals surface area (Å²) in [6.07, 6.45) is 3.16. The van der Waals surface area contributed by atoms with E-state index in [-0.39, 0.29) is 35.5 Å². The quantitative estimate of drug-likeness (QED) is 0.200. The molecule has 1 heterocycles. The minimum absolute atomic E-state index is 0.00931. The van der Waals surface area contributed by atoms with Crippen LogP contribution < -0.4 is 0 Å². The molecule has 3 aromatic carbocycles. The zero-order valence-electron chi connectivity index (χ0n) is 20.3. The lowest BCUT2D eigenvalue weighted by Gasteiger charge is -2.40. The van der Waals surface area contributed by atoms with E-state index in [4.69, 9.17) is 0 Å². The van der Waals surface area contributed by atoms with E-state index in [0.717, 1.165) is 12.1 Å². The molecule has 1 aromatic heterocycles. The second kappa shape index (κ2) is 9.65. The van der Waals surface area contributed by atoms with Crippen LogP contribution in [-0.4, -0.2) is 9.97 Å². The van der Waals surface area contributed by atoms with Gasteiger partial charge < -0.3 is 0 Å². The number of aromatic nitrogens is 2. The van der Waals surface area contributed by atoms with Crippen LogP contribution in [0.15, 0.2) is 77.7 Å². The molecule has 0 unspecified atom stereocenters. The average molecular weight is 593 g/mol. The van der Waals surface area contributed by atoms with Gasteiger partial charge in [-0.15, -0.1) is 0 Å². The summed E-state index contributed by atoms with van der Waals surface area (Å²) >= 11 is 0. The highest BCUT2D eigenvalue weighted by molar-refractivity contribution is 8.45. The molecule has 0 aliphatic heterocycles. The molecule has 13 heteroatoms. The molecule has 212 valence electrons. The van der Waals surface area contributed by atoms with Gasteiger partial charge in [0.2, 0.25) is 0 Å². The number of halogens is 10. The molecule has 0 spiro atoms. The van der Waals surface area contributed by atoms with Gasteiger partial charge >= 0.3 is 10.2 Å².